The van der Waals surface area contributed by atoms with Crippen LogP contribution in [0.4, 0.5) is 5.82 Å². The highest BCUT2D eigenvalue weighted by atomic mass is 16.5. The van der Waals surface area contributed by atoms with Gasteiger partial charge in [-0.1, -0.05) is 39.0 Å². The first-order valence-corrected chi connectivity index (χ1v) is 7.29. The Morgan fingerprint density at radius 2 is 1.80 bits per heavy atom. The fourth-order valence-electron chi connectivity index (χ4n) is 2.71. The Labute approximate surface area is 120 Å². The van der Waals surface area contributed by atoms with Gasteiger partial charge in [0, 0.05) is 18.5 Å². The molecule has 0 N–H and O–H groups in total. The predicted octanol–water partition coefficient (Wildman–Crippen LogP) is 3.37. The summed E-state index contributed by atoms with van der Waals surface area (Å²) in [5.41, 5.74) is 2.55. The fraction of sp³-hybridized carbons (Fsp3) is 0.471. The fourth-order valence-corrected chi connectivity index (χ4v) is 2.71. The minimum atomic E-state index is 0.107. The van der Waals surface area contributed by atoms with E-state index in [9.17, 15) is 0 Å². The first kappa shape index (κ1) is 13.4. The van der Waals surface area contributed by atoms with Gasteiger partial charge in [0.1, 0.15) is 5.82 Å². The number of morpholine rings is 1. The summed E-state index contributed by atoms with van der Waals surface area (Å²) in [5, 5.41) is 1.22. The van der Waals surface area contributed by atoms with E-state index >= 15 is 0 Å². The number of para-hydroxylation sites is 1. The molecule has 1 aliphatic rings. The molecule has 3 heteroatoms. The van der Waals surface area contributed by atoms with Crippen LogP contribution < -0.4 is 4.90 Å². The third-order valence-electron chi connectivity index (χ3n) is 3.85. The van der Waals surface area contributed by atoms with Crippen molar-refractivity contribution in [3.63, 3.8) is 0 Å². The molecule has 0 saturated carbocycles. The van der Waals surface area contributed by atoms with Crippen LogP contribution in [0.1, 0.15) is 26.3 Å². The van der Waals surface area contributed by atoms with Crippen LogP contribution in [0.2, 0.25) is 0 Å². The zero-order valence-electron chi connectivity index (χ0n) is 12.5. The Hall–Kier alpha value is -1.61. The van der Waals surface area contributed by atoms with Crippen molar-refractivity contribution < 1.29 is 4.74 Å². The number of aromatic nitrogens is 1. The van der Waals surface area contributed by atoms with Gasteiger partial charge in [-0.25, -0.2) is 4.98 Å². The van der Waals surface area contributed by atoms with Gasteiger partial charge >= 0.3 is 0 Å². The molecule has 1 aromatic heterocycles. The summed E-state index contributed by atoms with van der Waals surface area (Å²) < 4.78 is 5.42. The third kappa shape index (κ3) is 2.50. The number of hydrogen-bond donors (Lipinski definition) is 0. The van der Waals surface area contributed by atoms with Crippen LogP contribution in [0, 0.1) is 0 Å². The highest BCUT2D eigenvalue weighted by Gasteiger charge is 2.19. The molecule has 20 heavy (non-hydrogen) atoms. The SMILES string of the molecule is CC(C)(C)c1cccc2ccc(N3CCOCC3)nc12. The lowest BCUT2D eigenvalue weighted by molar-refractivity contribution is 0.122. The molecule has 2 heterocycles. The van der Waals surface area contributed by atoms with Gasteiger partial charge in [-0.05, 0) is 23.1 Å². The van der Waals surface area contributed by atoms with Crippen LogP contribution >= 0.6 is 0 Å². The third-order valence-corrected chi connectivity index (χ3v) is 3.85. The first-order valence-electron chi connectivity index (χ1n) is 7.29. The molecular weight excluding hydrogens is 248 g/mol. The van der Waals surface area contributed by atoms with Crippen LogP contribution in [-0.2, 0) is 10.2 Å². The number of fused-ring (bicyclic) bond motifs is 1. The molecule has 2 aromatic rings. The standard InChI is InChI=1S/C17H22N2O/c1-17(2,3)14-6-4-5-13-7-8-15(18-16(13)14)19-9-11-20-12-10-19/h4-8H,9-12H2,1-3H3. The molecule has 0 unspecified atom stereocenters. The number of pyridine rings is 1. The van der Waals surface area contributed by atoms with E-state index in [2.05, 4.69) is 56.0 Å². The smallest absolute Gasteiger partial charge is 0.129 e. The van der Waals surface area contributed by atoms with Crippen LogP contribution in [0.3, 0.4) is 0 Å². The topological polar surface area (TPSA) is 25.4 Å². The molecule has 1 aromatic carbocycles. The lowest BCUT2D eigenvalue weighted by Crippen LogP contribution is -2.36. The average molecular weight is 270 g/mol. The second-order valence-corrected chi connectivity index (χ2v) is 6.40. The van der Waals surface area contributed by atoms with Crippen molar-refractivity contribution in [3.8, 4) is 0 Å². The van der Waals surface area contributed by atoms with Gasteiger partial charge in [-0.2, -0.15) is 0 Å². The van der Waals surface area contributed by atoms with Gasteiger partial charge < -0.3 is 9.64 Å². The lowest BCUT2D eigenvalue weighted by atomic mass is 9.85. The molecule has 1 saturated heterocycles. The molecule has 1 aliphatic heterocycles. The maximum atomic E-state index is 5.42. The van der Waals surface area contributed by atoms with Crippen LogP contribution in [-0.4, -0.2) is 31.3 Å². The number of nitrogens with zero attached hydrogens (tertiary/aromatic N) is 2. The zero-order valence-corrected chi connectivity index (χ0v) is 12.5. The molecule has 3 nitrogen and oxygen atoms in total. The first-order chi connectivity index (χ1) is 9.55. The Bertz CT molecular complexity index is 610. The minimum Gasteiger partial charge on any atom is -0.378 e. The summed E-state index contributed by atoms with van der Waals surface area (Å²) in [6.45, 7) is 10.2. The maximum Gasteiger partial charge on any atom is 0.129 e. The second kappa shape index (κ2) is 5.06. The van der Waals surface area contributed by atoms with Crippen molar-refractivity contribution in [3.05, 3.63) is 35.9 Å². The highest BCUT2D eigenvalue weighted by Crippen LogP contribution is 2.30. The van der Waals surface area contributed by atoms with Gasteiger partial charge in [0.15, 0.2) is 0 Å². The van der Waals surface area contributed by atoms with Gasteiger partial charge in [-0.3, -0.25) is 0 Å². The molecule has 0 bridgehead atoms. The Morgan fingerprint density at radius 1 is 1.05 bits per heavy atom. The lowest BCUT2D eigenvalue weighted by Gasteiger charge is -2.28. The van der Waals surface area contributed by atoms with E-state index in [-0.39, 0.29) is 5.41 Å². The van der Waals surface area contributed by atoms with Crippen LogP contribution in [0.15, 0.2) is 30.3 Å². The molecule has 1 fully saturated rings. The van der Waals surface area contributed by atoms with Crippen LogP contribution in [0.5, 0.6) is 0 Å². The summed E-state index contributed by atoms with van der Waals surface area (Å²) in [6, 6.07) is 10.8. The molecule has 0 aliphatic carbocycles. The monoisotopic (exact) mass is 270 g/mol. The van der Waals surface area contributed by atoms with Crippen molar-refractivity contribution in [1.82, 2.24) is 4.98 Å². The average Bonchev–Trinajstić information content (AvgIpc) is 2.46. The van der Waals surface area contributed by atoms with E-state index in [4.69, 9.17) is 9.72 Å². The Balaban J connectivity index is 2.09. The quantitative estimate of drug-likeness (QED) is 0.794. The van der Waals surface area contributed by atoms with Gasteiger partial charge in [0.05, 0.1) is 18.7 Å². The van der Waals surface area contributed by atoms with E-state index in [1.165, 1.54) is 10.9 Å². The summed E-state index contributed by atoms with van der Waals surface area (Å²) in [4.78, 5) is 7.24. The summed E-state index contributed by atoms with van der Waals surface area (Å²) in [5.74, 6) is 1.07. The number of rotatable bonds is 1. The van der Waals surface area contributed by atoms with E-state index < -0.39 is 0 Å². The largest absolute Gasteiger partial charge is 0.378 e. The highest BCUT2D eigenvalue weighted by molar-refractivity contribution is 5.84. The molecule has 0 atom stereocenters. The van der Waals surface area contributed by atoms with Crippen molar-refractivity contribution in [2.45, 2.75) is 26.2 Å². The summed E-state index contributed by atoms with van der Waals surface area (Å²) >= 11 is 0. The summed E-state index contributed by atoms with van der Waals surface area (Å²) in [7, 11) is 0. The van der Waals surface area contributed by atoms with Gasteiger partial charge in [0.2, 0.25) is 0 Å². The zero-order chi connectivity index (χ0) is 14.2. The van der Waals surface area contributed by atoms with E-state index in [0.29, 0.717) is 0 Å². The van der Waals surface area contributed by atoms with Crippen molar-refractivity contribution >= 4 is 16.7 Å². The van der Waals surface area contributed by atoms with Gasteiger partial charge in [-0.15, -0.1) is 0 Å². The molecular formula is C17H22N2O. The normalized spacial score (nSPS) is 16.6. The predicted molar refractivity (Wildman–Crippen MR) is 83.5 cm³/mol. The molecule has 0 spiro atoms. The van der Waals surface area contributed by atoms with E-state index in [1.807, 2.05) is 0 Å². The van der Waals surface area contributed by atoms with Crippen molar-refractivity contribution in [2.24, 2.45) is 0 Å². The Morgan fingerprint density at radius 3 is 2.50 bits per heavy atom. The van der Waals surface area contributed by atoms with E-state index in [0.717, 1.165) is 37.6 Å². The second-order valence-electron chi connectivity index (χ2n) is 6.40. The maximum absolute atomic E-state index is 5.42. The summed E-state index contributed by atoms with van der Waals surface area (Å²) in [6.07, 6.45) is 0. The molecule has 0 radical (unpaired) electrons. The molecule has 106 valence electrons. The minimum absolute atomic E-state index is 0.107. The van der Waals surface area contributed by atoms with E-state index in [1.54, 1.807) is 0 Å². The number of benzene rings is 1. The number of ether oxygens (including phenoxy) is 1. The van der Waals surface area contributed by atoms with Gasteiger partial charge in [0.25, 0.3) is 0 Å². The Kier molecular flexibility index (Phi) is 3.38. The van der Waals surface area contributed by atoms with Crippen molar-refractivity contribution in [1.29, 1.82) is 0 Å². The molecule has 0 amide bonds. The van der Waals surface area contributed by atoms with Crippen molar-refractivity contribution in [2.75, 3.05) is 31.2 Å². The number of hydrogen-bond acceptors (Lipinski definition) is 3. The van der Waals surface area contributed by atoms with Crippen LogP contribution in [0.25, 0.3) is 10.9 Å². The molecule has 3 rings (SSSR count). The number of anilines is 1.